The summed E-state index contributed by atoms with van der Waals surface area (Å²) in [5, 5.41) is 3.01. The minimum absolute atomic E-state index is 0.382. The smallest absolute Gasteiger partial charge is 0.243 e. The second kappa shape index (κ2) is 7.79. The van der Waals surface area contributed by atoms with Gasteiger partial charge in [-0.15, -0.1) is 11.3 Å². The Morgan fingerprint density at radius 3 is 2.57 bits per heavy atom. The van der Waals surface area contributed by atoms with Crippen molar-refractivity contribution in [3.63, 3.8) is 0 Å². The van der Waals surface area contributed by atoms with Gasteiger partial charge in [-0.05, 0) is 49.2 Å². The summed E-state index contributed by atoms with van der Waals surface area (Å²) in [5.41, 5.74) is 2.94. The molecule has 2 aromatic heterocycles. The van der Waals surface area contributed by atoms with E-state index in [1.54, 1.807) is 34.0 Å². The number of benzene rings is 1. The number of hydrogen-bond donors (Lipinski definition) is 0. The Morgan fingerprint density at radius 1 is 1.11 bits per heavy atom. The third-order valence-electron chi connectivity index (χ3n) is 5.13. The highest BCUT2D eigenvalue weighted by molar-refractivity contribution is 7.89. The molecule has 1 saturated heterocycles. The maximum Gasteiger partial charge on any atom is 0.243 e. The quantitative estimate of drug-likeness (QED) is 0.635. The first kappa shape index (κ1) is 19.3. The Bertz CT molecular complexity index is 1050. The zero-order chi connectivity index (χ0) is 19.7. The monoisotopic (exact) mass is 417 g/mol. The fourth-order valence-corrected chi connectivity index (χ4v) is 5.60. The number of nitrogens with zero attached hydrogens (tertiary/aromatic N) is 3. The van der Waals surface area contributed by atoms with Gasteiger partial charge in [-0.2, -0.15) is 4.31 Å². The molecular weight excluding hydrogens is 394 g/mol. The number of aromatic nitrogens is 1. The molecule has 1 fully saturated rings. The van der Waals surface area contributed by atoms with Gasteiger partial charge >= 0.3 is 0 Å². The Balaban J connectivity index is 1.38. The van der Waals surface area contributed by atoms with E-state index in [9.17, 15) is 8.42 Å². The van der Waals surface area contributed by atoms with Crippen LogP contribution >= 0.6 is 11.3 Å². The van der Waals surface area contributed by atoms with E-state index in [0.29, 0.717) is 31.1 Å². The van der Waals surface area contributed by atoms with Gasteiger partial charge in [-0.1, -0.05) is 6.07 Å². The summed E-state index contributed by atoms with van der Waals surface area (Å²) in [5.74, 6) is 0.770. The van der Waals surface area contributed by atoms with Crippen LogP contribution in [0.2, 0.25) is 0 Å². The second-order valence-electron chi connectivity index (χ2n) is 7.03. The Labute approximate surface area is 169 Å². The van der Waals surface area contributed by atoms with Gasteiger partial charge in [0.15, 0.2) is 5.76 Å². The number of sulfonamides is 1. The van der Waals surface area contributed by atoms with E-state index in [-0.39, 0.29) is 0 Å². The van der Waals surface area contributed by atoms with Crippen LogP contribution in [0.4, 0.5) is 0 Å². The lowest BCUT2D eigenvalue weighted by Crippen LogP contribution is -2.48. The maximum absolute atomic E-state index is 12.9. The molecule has 3 heterocycles. The van der Waals surface area contributed by atoms with E-state index in [1.807, 2.05) is 37.4 Å². The highest BCUT2D eigenvalue weighted by Crippen LogP contribution is 2.24. The molecule has 0 saturated carbocycles. The van der Waals surface area contributed by atoms with Gasteiger partial charge in [0.05, 0.1) is 17.7 Å². The van der Waals surface area contributed by atoms with Crippen molar-refractivity contribution in [2.24, 2.45) is 0 Å². The van der Waals surface area contributed by atoms with Crippen molar-refractivity contribution in [2.75, 3.05) is 26.2 Å². The van der Waals surface area contributed by atoms with Gasteiger partial charge in [-0.25, -0.2) is 13.4 Å². The Morgan fingerprint density at radius 2 is 1.89 bits per heavy atom. The zero-order valence-corrected chi connectivity index (χ0v) is 17.6. The maximum atomic E-state index is 12.9. The van der Waals surface area contributed by atoms with Crippen molar-refractivity contribution in [1.29, 1.82) is 0 Å². The predicted octanol–water partition coefficient (Wildman–Crippen LogP) is 3.53. The summed E-state index contributed by atoms with van der Waals surface area (Å²) < 4.78 is 32.9. The highest BCUT2D eigenvalue weighted by atomic mass is 32.2. The molecule has 0 aliphatic carbocycles. The molecule has 1 aliphatic rings. The summed E-state index contributed by atoms with van der Waals surface area (Å²) in [6.07, 6.45) is 1.64. The topological polar surface area (TPSA) is 66.7 Å². The second-order valence-corrected chi connectivity index (χ2v) is 9.91. The van der Waals surface area contributed by atoms with Crippen LogP contribution in [0.1, 0.15) is 16.1 Å². The molecule has 0 unspecified atom stereocenters. The van der Waals surface area contributed by atoms with Crippen LogP contribution in [0.5, 0.6) is 0 Å². The van der Waals surface area contributed by atoms with E-state index < -0.39 is 10.0 Å². The summed E-state index contributed by atoms with van der Waals surface area (Å²) >= 11 is 1.60. The Hall–Kier alpha value is -2.00. The summed E-state index contributed by atoms with van der Waals surface area (Å²) in [7, 11) is -3.44. The van der Waals surface area contributed by atoms with Gasteiger partial charge in [0.1, 0.15) is 10.7 Å². The predicted molar refractivity (Wildman–Crippen MR) is 110 cm³/mol. The van der Waals surface area contributed by atoms with Crippen LogP contribution in [0.25, 0.3) is 11.5 Å². The molecule has 6 nitrogen and oxygen atoms in total. The number of hydrogen-bond acceptors (Lipinski definition) is 6. The molecule has 8 heteroatoms. The molecule has 3 aromatic rings. The summed E-state index contributed by atoms with van der Waals surface area (Å²) in [6, 6.07) is 9.09. The van der Waals surface area contributed by atoms with Gasteiger partial charge in [0.2, 0.25) is 10.0 Å². The molecule has 148 valence electrons. The molecule has 0 bridgehead atoms. The van der Waals surface area contributed by atoms with Crippen molar-refractivity contribution in [3.8, 4) is 11.5 Å². The van der Waals surface area contributed by atoms with E-state index >= 15 is 0 Å². The molecule has 0 amide bonds. The number of aryl methyl sites for hydroxylation is 2. The number of rotatable bonds is 5. The first-order chi connectivity index (χ1) is 13.4. The first-order valence-corrected chi connectivity index (χ1v) is 11.5. The van der Waals surface area contributed by atoms with Crippen molar-refractivity contribution in [1.82, 2.24) is 14.2 Å². The lowest BCUT2D eigenvalue weighted by Gasteiger charge is -2.33. The van der Waals surface area contributed by atoms with Crippen molar-refractivity contribution < 1.29 is 12.8 Å². The van der Waals surface area contributed by atoms with Crippen LogP contribution in [-0.2, 0) is 16.6 Å². The minimum Gasteiger partial charge on any atom is -0.463 e. The van der Waals surface area contributed by atoms with Crippen molar-refractivity contribution >= 4 is 21.4 Å². The molecule has 4 rings (SSSR count). The standard InChI is InChI=1S/C20H23N3O3S2/c1-15-5-6-17(12-16(15)2)28(24,25)23-9-7-22(8-10-23)13-20-21-18(14-27-20)19-4-3-11-26-19/h3-6,11-12,14H,7-10,13H2,1-2H3. The van der Waals surface area contributed by atoms with Crippen LogP contribution in [-0.4, -0.2) is 48.8 Å². The third-order valence-corrected chi connectivity index (χ3v) is 7.86. The van der Waals surface area contributed by atoms with Gasteiger partial charge < -0.3 is 4.42 Å². The highest BCUT2D eigenvalue weighted by Gasteiger charge is 2.29. The van der Waals surface area contributed by atoms with Gasteiger partial charge in [0.25, 0.3) is 0 Å². The number of piperazine rings is 1. The molecule has 28 heavy (non-hydrogen) atoms. The fraction of sp³-hybridized carbons (Fsp3) is 0.350. The van der Waals surface area contributed by atoms with E-state index in [2.05, 4.69) is 9.88 Å². The summed E-state index contributed by atoms with van der Waals surface area (Å²) in [6.45, 7) is 7.03. The van der Waals surface area contributed by atoms with E-state index in [1.165, 1.54) is 0 Å². The molecule has 1 aromatic carbocycles. The molecule has 0 atom stereocenters. The zero-order valence-electron chi connectivity index (χ0n) is 16.0. The van der Waals surface area contributed by atoms with Crippen molar-refractivity contribution in [2.45, 2.75) is 25.3 Å². The van der Waals surface area contributed by atoms with Crippen LogP contribution in [0.3, 0.4) is 0 Å². The average Bonchev–Trinajstić information content (AvgIpc) is 3.36. The number of thiazole rings is 1. The largest absolute Gasteiger partial charge is 0.463 e. The lowest BCUT2D eigenvalue weighted by atomic mass is 10.1. The molecule has 1 aliphatic heterocycles. The van der Waals surface area contributed by atoms with Crippen molar-refractivity contribution in [3.05, 3.63) is 58.1 Å². The normalized spacial score (nSPS) is 16.5. The lowest BCUT2D eigenvalue weighted by molar-refractivity contribution is 0.181. The summed E-state index contributed by atoms with van der Waals surface area (Å²) in [4.78, 5) is 7.26. The van der Waals surface area contributed by atoms with Gasteiger partial charge in [-0.3, -0.25) is 4.90 Å². The Kier molecular flexibility index (Phi) is 5.37. The van der Waals surface area contributed by atoms with Crippen LogP contribution in [0.15, 0.2) is 51.3 Å². The number of furan rings is 1. The fourth-order valence-electron chi connectivity index (χ4n) is 3.26. The molecule has 0 radical (unpaired) electrons. The minimum atomic E-state index is -3.44. The molecule has 0 spiro atoms. The molecule has 0 N–H and O–H groups in total. The van der Waals surface area contributed by atoms with Crippen LogP contribution in [0, 0.1) is 13.8 Å². The molecular formula is C20H23N3O3S2. The first-order valence-electron chi connectivity index (χ1n) is 9.21. The third kappa shape index (κ3) is 3.91. The van der Waals surface area contributed by atoms with Gasteiger partial charge in [0, 0.05) is 31.6 Å². The average molecular weight is 418 g/mol. The van der Waals surface area contributed by atoms with E-state index in [0.717, 1.165) is 34.1 Å². The SMILES string of the molecule is Cc1ccc(S(=O)(=O)N2CCN(Cc3nc(-c4ccco4)cs3)CC2)cc1C. The van der Waals surface area contributed by atoms with E-state index in [4.69, 9.17) is 4.42 Å². The van der Waals surface area contributed by atoms with Crippen LogP contribution < -0.4 is 0 Å².